The first kappa shape index (κ1) is 33.4. The van der Waals surface area contributed by atoms with Gasteiger partial charge in [-0.05, 0) is 48.6 Å². The maximum Gasteiger partial charge on any atom is 0.244 e. The van der Waals surface area contributed by atoms with Gasteiger partial charge in [0.25, 0.3) is 0 Å². The number of carbonyl (C=O) groups is 2. The van der Waals surface area contributed by atoms with Crippen molar-refractivity contribution in [3.05, 3.63) is 99.5 Å². The lowest BCUT2D eigenvalue weighted by Gasteiger charge is -2.35. The Bertz CT molecular complexity index is 1460. The number of halogens is 2. The lowest BCUT2D eigenvalue weighted by atomic mass is 10.0. The molecular weight excluding hydrogens is 593 g/mol. The first-order valence-electron chi connectivity index (χ1n) is 14.0. The highest BCUT2D eigenvalue weighted by molar-refractivity contribution is 7.92. The lowest BCUT2D eigenvalue weighted by molar-refractivity contribution is -0.140. The molecule has 0 bridgehead atoms. The number of amides is 2. The van der Waals surface area contributed by atoms with E-state index in [0.717, 1.165) is 21.7 Å². The Hall–Kier alpha value is -3.07. The molecule has 0 aliphatic rings. The quantitative estimate of drug-likeness (QED) is 0.235. The fourth-order valence-electron chi connectivity index (χ4n) is 4.65. The number of benzene rings is 3. The summed E-state index contributed by atoms with van der Waals surface area (Å²) in [6, 6.07) is 20.4. The van der Waals surface area contributed by atoms with Crippen LogP contribution in [0.1, 0.15) is 56.7 Å². The zero-order chi connectivity index (χ0) is 31.0. The average molecular weight is 633 g/mol. The van der Waals surface area contributed by atoms with Crippen molar-refractivity contribution in [1.29, 1.82) is 0 Å². The van der Waals surface area contributed by atoms with Gasteiger partial charge in [-0.25, -0.2) is 8.42 Å². The highest BCUT2D eigenvalue weighted by Gasteiger charge is 2.34. The number of hydrogen-bond donors (Lipinski definition) is 1. The van der Waals surface area contributed by atoms with E-state index in [9.17, 15) is 18.0 Å². The molecule has 0 aromatic heterocycles. The van der Waals surface area contributed by atoms with Gasteiger partial charge >= 0.3 is 0 Å². The van der Waals surface area contributed by atoms with E-state index >= 15 is 0 Å². The van der Waals surface area contributed by atoms with E-state index in [2.05, 4.69) is 5.32 Å². The van der Waals surface area contributed by atoms with Gasteiger partial charge in [0, 0.05) is 34.6 Å². The third kappa shape index (κ3) is 8.72. The molecule has 3 aromatic carbocycles. The van der Waals surface area contributed by atoms with Crippen molar-refractivity contribution in [1.82, 2.24) is 10.2 Å². The zero-order valence-corrected chi connectivity index (χ0v) is 27.0. The molecule has 1 N–H and O–H groups in total. The standard InChI is InChI=1S/C32H39Cl2N3O4S/c1-6-23(4)35-32(39)30(19-24-13-8-7-9-14-24)36(20-26-27(33)16-12-17-28(26)34)31(38)21-37(42(5,40)41)29-18-11-10-15-25(29)22(2)3/h7-18,22-23,30H,6,19-21H2,1-5H3,(H,35,39)/t23-,30-/m1/s1. The molecule has 0 heterocycles. The van der Waals surface area contributed by atoms with Crippen LogP contribution in [0.15, 0.2) is 72.8 Å². The van der Waals surface area contributed by atoms with Crippen LogP contribution in [-0.2, 0) is 32.6 Å². The summed E-state index contributed by atoms with van der Waals surface area (Å²) in [5.74, 6) is -0.904. The van der Waals surface area contributed by atoms with Crippen molar-refractivity contribution in [2.45, 2.75) is 65.1 Å². The number of sulfonamides is 1. The van der Waals surface area contributed by atoms with Crippen molar-refractivity contribution in [2.75, 3.05) is 17.1 Å². The number of para-hydroxylation sites is 1. The van der Waals surface area contributed by atoms with Crippen molar-refractivity contribution >= 4 is 50.7 Å². The largest absolute Gasteiger partial charge is 0.352 e. The molecule has 0 saturated heterocycles. The van der Waals surface area contributed by atoms with Gasteiger partial charge in [0.1, 0.15) is 12.6 Å². The van der Waals surface area contributed by atoms with Crippen molar-refractivity contribution in [3.63, 3.8) is 0 Å². The molecule has 0 spiro atoms. The van der Waals surface area contributed by atoms with Gasteiger partial charge in [-0.15, -0.1) is 0 Å². The molecule has 0 fully saturated rings. The second kappa shape index (κ2) is 14.9. The Morgan fingerprint density at radius 1 is 0.881 bits per heavy atom. The fraction of sp³-hybridized carbons (Fsp3) is 0.375. The molecule has 0 saturated carbocycles. The van der Waals surface area contributed by atoms with E-state index in [1.54, 1.807) is 30.3 Å². The first-order chi connectivity index (χ1) is 19.8. The van der Waals surface area contributed by atoms with E-state index < -0.39 is 28.5 Å². The Labute approximate surface area is 259 Å². The Balaban J connectivity index is 2.14. The third-order valence-corrected chi connectivity index (χ3v) is 9.00. The Morgan fingerprint density at radius 2 is 1.48 bits per heavy atom. The zero-order valence-electron chi connectivity index (χ0n) is 24.7. The van der Waals surface area contributed by atoms with Crippen LogP contribution in [0.5, 0.6) is 0 Å². The van der Waals surface area contributed by atoms with Gasteiger partial charge in [-0.1, -0.05) is 98.6 Å². The lowest BCUT2D eigenvalue weighted by Crippen LogP contribution is -2.54. The van der Waals surface area contributed by atoms with Crippen LogP contribution in [0.3, 0.4) is 0 Å². The molecule has 0 unspecified atom stereocenters. The monoisotopic (exact) mass is 631 g/mol. The van der Waals surface area contributed by atoms with Crippen LogP contribution in [0.2, 0.25) is 10.0 Å². The SMILES string of the molecule is CC[C@@H](C)NC(=O)[C@@H](Cc1ccccc1)N(Cc1c(Cl)cccc1Cl)C(=O)CN(c1ccccc1C(C)C)S(C)(=O)=O. The van der Waals surface area contributed by atoms with Crippen molar-refractivity contribution in [3.8, 4) is 0 Å². The number of nitrogens with zero attached hydrogens (tertiary/aromatic N) is 2. The number of carbonyl (C=O) groups excluding carboxylic acids is 2. The van der Waals surface area contributed by atoms with Crippen LogP contribution in [-0.4, -0.2) is 50.0 Å². The molecule has 3 aromatic rings. The highest BCUT2D eigenvalue weighted by atomic mass is 35.5. The van der Waals surface area contributed by atoms with Gasteiger partial charge in [0.2, 0.25) is 21.8 Å². The van der Waals surface area contributed by atoms with E-state index in [-0.39, 0.29) is 30.8 Å². The summed E-state index contributed by atoms with van der Waals surface area (Å²) < 4.78 is 27.4. The van der Waals surface area contributed by atoms with Crippen LogP contribution in [0.25, 0.3) is 0 Å². The molecule has 226 valence electrons. The number of nitrogens with one attached hydrogen (secondary N) is 1. The van der Waals surface area contributed by atoms with Gasteiger partial charge in [-0.2, -0.15) is 0 Å². The molecule has 2 amide bonds. The summed E-state index contributed by atoms with van der Waals surface area (Å²) in [6.45, 7) is 7.17. The van der Waals surface area contributed by atoms with E-state index in [4.69, 9.17) is 23.2 Å². The molecule has 0 aliphatic carbocycles. The van der Waals surface area contributed by atoms with E-state index in [1.807, 2.05) is 70.2 Å². The molecule has 2 atom stereocenters. The second-order valence-corrected chi connectivity index (χ2v) is 13.4. The minimum absolute atomic E-state index is 0.00530. The van der Waals surface area contributed by atoms with Gasteiger partial charge in [-0.3, -0.25) is 13.9 Å². The summed E-state index contributed by atoms with van der Waals surface area (Å²) in [5.41, 5.74) is 2.52. The molecular formula is C32H39Cl2N3O4S. The van der Waals surface area contributed by atoms with Gasteiger partial charge in [0.15, 0.2) is 0 Å². The van der Waals surface area contributed by atoms with Crippen LogP contribution < -0.4 is 9.62 Å². The summed E-state index contributed by atoms with van der Waals surface area (Å²) in [6.07, 6.45) is 1.98. The van der Waals surface area contributed by atoms with Gasteiger partial charge < -0.3 is 10.2 Å². The fourth-order valence-corrected chi connectivity index (χ4v) is 6.03. The summed E-state index contributed by atoms with van der Waals surface area (Å²) in [4.78, 5) is 29.5. The number of hydrogen-bond acceptors (Lipinski definition) is 4. The van der Waals surface area contributed by atoms with Crippen LogP contribution in [0.4, 0.5) is 5.69 Å². The molecule has 3 rings (SSSR count). The van der Waals surface area contributed by atoms with Crippen LogP contribution in [0, 0.1) is 0 Å². The predicted octanol–water partition coefficient (Wildman–Crippen LogP) is 6.44. The third-order valence-electron chi connectivity index (χ3n) is 7.17. The molecule has 0 radical (unpaired) electrons. The van der Waals surface area contributed by atoms with E-state index in [0.29, 0.717) is 27.7 Å². The topological polar surface area (TPSA) is 86.8 Å². The van der Waals surface area contributed by atoms with E-state index in [1.165, 1.54) is 4.90 Å². The molecule has 7 nitrogen and oxygen atoms in total. The van der Waals surface area contributed by atoms with Crippen LogP contribution >= 0.6 is 23.2 Å². The first-order valence-corrected chi connectivity index (χ1v) is 16.6. The number of anilines is 1. The Kier molecular flexibility index (Phi) is 11.9. The summed E-state index contributed by atoms with van der Waals surface area (Å²) >= 11 is 13.1. The Morgan fingerprint density at radius 3 is 2.05 bits per heavy atom. The summed E-state index contributed by atoms with van der Waals surface area (Å²) in [7, 11) is -3.89. The second-order valence-electron chi connectivity index (χ2n) is 10.7. The molecule has 0 aliphatic heterocycles. The molecule has 10 heteroatoms. The number of rotatable bonds is 13. The average Bonchev–Trinajstić information content (AvgIpc) is 2.94. The minimum atomic E-state index is -3.89. The predicted molar refractivity (Wildman–Crippen MR) is 172 cm³/mol. The minimum Gasteiger partial charge on any atom is -0.352 e. The van der Waals surface area contributed by atoms with Crippen molar-refractivity contribution in [2.24, 2.45) is 0 Å². The summed E-state index contributed by atoms with van der Waals surface area (Å²) in [5, 5.41) is 3.69. The smallest absolute Gasteiger partial charge is 0.244 e. The van der Waals surface area contributed by atoms with Crippen molar-refractivity contribution < 1.29 is 18.0 Å². The highest BCUT2D eigenvalue weighted by Crippen LogP contribution is 2.31. The normalized spacial score (nSPS) is 13.0. The maximum absolute atomic E-state index is 14.3. The van der Waals surface area contributed by atoms with Gasteiger partial charge in [0.05, 0.1) is 11.9 Å². The maximum atomic E-state index is 14.3. The molecule has 42 heavy (non-hydrogen) atoms.